The number of carbonyl (C=O) groups is 2. The van der Waals surface area contributed by atoms with Crippen LogP contribution >= 0.6 is 90.4 Å². The predicted molar refractivity (Wildman–Crippen MR) is 148 cm³/mol. The molecule has 6 nitrogen and oxygen atoms in total. The Bertz CT molecular complexity index is 905. The number of phenols is 1. The topological polar surface area (TPSA) is 84.9 Å². The van der Waals surface area contributed by atoms with Crippen molar-refractivity contribution in [3.8, 4) is 17.2 Å². The Morgan fingerprint density at radius 1 is 1.03 bits per heavy atom. The van der Waals surface area contributed by atoms with Crippen molar-refractivity contribution in [2.45, 2.75) is 32.2 Å². The summed E-state index contributed by atoms with van der Waals surface area (Å²) in [5.41, 5.74) is 0.887. The molecule has 0 fully saturated rings. The Kier molecular flexibility index (Phi) is 10.7. The lowest BCUT2D eigenvalue weighted by atomic mass is 10.1. The molecular weight excluding hydrogens is 842 g/mol. The van der Waals surface area contributed by atoms with Crippen molar-refractivity contribution in [1.29, 1.82) is 0 Å². The number of esters is 1. The fourth-order valence-electron chi connectivity index (χ4n) is 2.61. The van der Waals surface area contributed by atoms with E-state index in [0.29, 0.717) is 37.9 Å². The number of rotatable bonds is 8. The van der Waals surface area contributed by atoms with Crippen LogP contribution in [0.25, 0.3) is 0 Å². The van der Waals surface area contributed by atoms with Crippen molar-refractivity contribution in [3.05, 3.63) is 44.1 Å². The minimum atomic E-state index is -0.743. The fraction of sp³-hybridized carbons (Fsp3) is 0.300. The van der Waals surface area contributed by atoms with E-state index in [1.165, 1.54) is 7.11 Å². The van der Waals surface area contributed by atoms with Gasteiger partial charge in [-0.1, -0.05) is 6.92 Å². The van der Waals surface area contributed by atoms with Crippen LogP contribution < -0.4 is 10.1 Å². The summed E-state index contributed by atoms with van der Waals surface area (Å²) in [4.78, 5) is 24.1. The molecule has 0 aromatic heterocycles. The minimum absolute atomic E-state index is 0.172. The lowest BCUT2D eigenvalue weighted by Gasteiger charge is -2.18. The molecule has 0 spiro atoms. The first-order chi connectivity index (χ1) is 14.2. The van der Waals surface area contributed by atoms with E-state index in [0.717, 1.165) is 12.7 Å². The molecule has 0 radical (unpaired) electrons. The van der Waals surface area contributed by atoms with Gasteiger partial charge in [-0.2, -0.15) is 0 Å². The third-order valence-electron chi connectivity index (χ3n) is 4.01. The molecule has 2 aromatic rings. The molecule has 30 heavy (non-hydrogen) atoms. The number of hydrogen-bond donors (Lipinski definition) is 2. The number of phenolic OH excluding ortho intramolecular Hbond substituents is 1. The van der Waals surface area contributed by atoms with Gasteiger partial charge in [0.15, 0.2) is 5.75 Å². The van der Waals surface area contributed by atoms with Crippen LogP contribution in [0.5, 0.6) is 17.2 Å². The van der Waals surface area contributed by atoms with Crippen molar-refractivity contribution in [2.75, 3.05) is 7.11 Å². The molecule has 10 heteroatoms. The van der Waals surface area contributed by atoms with E-state index in [2.05, 4.69) is 95.7 Å². The average Bonchev–Trinajstić information content (AvgIpc) is 2.68. The molecule has 2 rings (SSSR count). The van der Waals surface area contributed by atoms with Gasteiger partial charge in [0.2, 0.25) is 5.91 Å². The highest BCUT2D eigenvalue weighted by Crippen LogP contribution is 2.37. The lowest BCUT2D eigenvalue weighted by molar-refractivity contribution is -0.145. The molecular formula is C20H19I4NO5. The van der Waals surface area contributed by atoms with Crippen molar-refractivity contribution < 1.29 is 24.2 Å². The molecule has 162 valence electrons. The number of halogens is 4. The summed E-state index contributed by atoms with van der Waals surface area (Å²) >= 11 is 8.50. The van der Waals surface area contributed by atoms with Gasteiger partial charge in [0, 0.05) is 12.8 Å². The standard InChI is InChI=1S/C20H19I4NO5/c1-3-4-17(26)25-16(20(28)29-2)7-10-5-14(23)19(15(24)6-10)30-11-8-12(21)18(27)13(22)9-11/h5-6,8-9,16,27H,3-4,7H2,1-2H3,(H,25,26). The SMILES string of the molecule is CCCC(=O)NC(Cc1cc(I)c(Oc2cc(I)c(O)c(I)c2)c(I)c1)C(=O)OC. The van der Waals surface area contributed by atoms with Crippen molar-refractivity contribution >= 4 is 102 Å². The number of benzene rings is 2. The quantitative estimate of drug-likeness (QED) is 0.267. The molecule has 0 aliphatic carbocycles. The highest BCUT2D eigenvalue weighted by atomic mass is 127. The van der Waals surface area contributed by atoms with Crippen LogP contribution in [0.3, 0.4) is 0 Å². The zero-order valence-electron chi connectivity index (χ0n) is 16.1. The predicted octanol–water partition coefficient (Wildman–Crippen LogP) is 5.60. The van der Waals surface area contributed by atoms with Crippen molar-refractivity contribution in [2.24, 2.45) is 0 Å². The first-order valence-corrected chi connectivity index (χ1v) is 13.2. The maximum absolute atomic E-state index is 12.1. The number of carbonyl (C=O) groups excluding carboxylic acids is 2. The van der Waals surface area contributed by atoms with Crippen LogP contribution in [0, 0.1) is 14.3 Å². The van der Waals surface area contributed by atoms with Gasteiger partial charge in [-0.15, -0.1) is 0 Å². The zero-order valence-corrected chi connectivity index (χ0v) is 24.7. The van der Waals surface area contributed by atoms with Crippen LogP contribution in [0.1, 0.15) is 25.3 Å². The monoisotopic (exact) mass is 861 g/mol. The number of hydrogen-bond acceptors (Lipinski definition) is 5. The first kappa shape index (κ1) is 26.2. The zero-order chi connectivity index (χ0) is 22.4. The highest BCUT2D eigenvalue weighted by Gasteiger charge is 2.23. The number of methoxy groups -OCH3 is 1. The van der Waals surface area contributed by atoms with E-state index in [-0.39, 0.29) is 11.7 Å². The number of ether oxygens (including phenoxy) is 2. The average molecular weight is 861 g/mol. The Hall–Kier alpha value is -0.100. The number of nitrogens with one attached hydrogen (secondary N) is 1. The van der Waals surface area contributed by atoms with E-state index in [4.69, 9.17) is 9.47 Å². The van der Waals surface area contributed by atoms with Gasteiger partial charge in [0.05, 0.1) is 21.4 Å². The summed E-state index contributed by atoms with van der Waals surface area (Å²) in [7, 11) is 1.31. The summed E-state index contributed by atoms with van der Waals surface area (Å²) in [6.07, 6.45) is 1.39. The second-order valence-corrected chi connectivity index (χ2v) is 11.0. The summed E-state index contributed by atoms with van der Waals surface area (Å²) in [5.74, 6) is 0.917. The maximum atomic E-state index is 12.1. The maximum Gasteiger partial charge on any atom is 0.328 e. The fourth-order valence-corrected chi connectivity index (χ4v) is 6.44. The van der Waals surface area contributed by atoms with Crippen LogP contribution in [-0.2, 0) is 20.7 Å². The van der Waals surface area contributed by atoms with E-state index in [1.807, 2.05) is 19.1 Å². The summed E-state index contributed by atoms with van der Waals surface area (Å²) < 4.78 is 14.1. The molecule has 2 aromatic carbocycles. The van der Waals surface area contributed by atoms with Gasteiger partial charge in [-0.3, -0.25) is 4.79 Å². The number of aromatic hydroxyl groups is 1. The Balaban J connectivity index is 2.26. The molecule has 1 amide bonds. The van der Waals surface area contributed by atoms with Crippen LogP contribution in [-0.4, -0.2) is 30.1 Å². The van der Waals surface area contributed by atoms with Gasteiger partial charge in [-0.05, 0) is 127 Å². The molecule has 0 heterocycles. The molecule has 0 aliphatic rings. The Labute approximate surface area is 229 Å². The lowest BCUT2D eigenvalue weighted by Crippen LogP contribution is -2.43. The summed E-state index contributed by atoms with van der Waals surface area (Å²) in [6.45, 7) is 1.91. The molecule has 1 atom stereocenters. The highest BCUT2D eigenvalue weighted by molar-refractivity contribution is 14.1. The molecule has 0 saturated carbocycles. The molecule has 1 unspecified atom stereocenters. The van der Waals surface area contributed by atoms with Crippen LogP contribution in [0.15, 0.2) is 24.3 Å². The second kappa shape index (κ2) is 12.2. The van der Waals surface area contributed by atoms with E-state index < -0.39 is 12.0 Å². The van der Waals surface area contributed by atoms with Gasteiger partial charge in [0.25, 0.3) is 0 Å². The van der Waals surface area contributed by atoms with Crippen LogP contribution in [0.4, 0.5) is 0 Å². The van der Waals surface area contributed by atoms with Crippen molar-refractivity contribution in [1.82, 2.24) is 5.32 Å². The molecule has 0 aliphatic heterocycles. The number of amides is 1. The normalized spacial score (nSPS) is 11.7. The Morgan fingerprint density at radius 3 is 2.10 bits per heavy atom. The molecule has 0 bridgehead atoms. The molecule has 2 N–H and O–H groups in total. The summed E-state index contributed by atoms with van der Waals surface area (Å²) in [5, 5.41) is 12.7. The third-order valence-corrected chi connectivity index (χ3v) is 7.25. The van der Waals surface area contributed by atoms with Gasteiger partial charge in [-0.25, -0.2) is 4.79 Å². The Morgan fingerprint density at radius 2 is 1.60 bits per heavy atom. The van der Waals surface area contributed by atoms with Gasteiger partial charge < -0.3 is 19.9 Å². The minimum Gasteiger partial charge on any atom is -0.506 e. The second-order valence-electron chi connectivity index (χ2n) is 6.32. The van der Waals surface area contributed by atoms with E-state index >= 15 is 0 Å². The third kappa shape index (κ3) is 7.21. The van der Waals surface area contributed by atoms with Crippen molar-refractivity contribution in [3.63, 3.8) is 0 Å². The molecule has 0 saturated heterocycles. The van der Waals surface area contributed by atoms with Gasteiger partial charge in [0.1, 0.15) is 17.5 Å². The smallest absolute Gasteiger partial charge is 0.328 e. The largest absolute Gasteiger partial charge is 0.506 e. The van der Waals surface area contributed by atoms with Gasteiger partial charge >= 0.3 is 5.97 Å². The van der Waals surface area contributed by atoms with E-state index in [9.17, 15) is 14.7 Å². The van der Waals surface area contributed by atoms with E-state index in [1.54, 1.807) is 12.1 Å². The first-order valence-electron chi connectivity index (χ1n) is 8.87. The van der Waals surface area contributed by atoms with Crippen LogP contribution in [0.2, 0.25) is 0 Å². The summed E-state index contributed by atoms with van der Waals surface area (Å²) in [6, 6.07) is 6.66.